The summed E-state index contributed by atoms with van der Waals surface area (Å²) in [6, 6.07) is 1.85. The van der Waals surface area contributed by atoms with Gasteiger partial charge in [0.25, 0.3) is 0 Å². The fourth-order valence-electron chi connectivity index (χ4n) is 1.10. The quantitative estimate of drug-likeness (QED) is 0.627. The van der Waals surface area contributed by atoms with E-state index in [9.17, 15) is 4.79 Å². The molecule has 0 aliphatic rings. The number of aromatic nitrogens is 2. The number of carbonyl (C=O) groups excluding carboxylic acids is 1. The summed E-state index contributed by atoms with van der Waals surface area (Å²) in [7, 11) is 1.79. The van der Waals surface area contributed by atoms with Crippen molar-refractivity contribution in [2.75, 3.05) is 0 Å². The molecule has 0 radical (unpaired) electrons. The molecule has 0 saturated carbocycles. The molecule has 0 atom stereocenters. The first-order valence-corrected chi connectivity index (χ1v) is 4.07. The van der Waals surface area contributed by atoms with E-state index in [2.05, 4.69) is 18.9 Å². The van der Waals surface area contributed by atoms with Crippen LogP contribution in [0.5, 0.6) is 0 Å². The van der Waals surface area contributed by atoms with Gasteiger partial charge < -0.3 is 0 Å². The smallest absolute Gasteiger partial charge is 0.177 e. The molecule has 3 nitrogen and oxygen atoms in total. The molecule has 1 aromatic heterocycles. The molecule has 0 N–H and O–H groups in total. The lowest BCUT2D eigenvalue weighted by atomic mass is 10.1. The van der Waals surface area contributed by atoms with Crippen molar-refractivity contribution in [1.29, 1.82) is 0 Å². The van der Waals surface area contributed by atoms with Gasteiger partial charge in [0.05, 0.1) is 5.69 Å². The Kier molecular flexibility index (Phi) is 2.31. The van der Waals surface area contributed by atoms with Gasteiger partial charge in [-0.2, -0.15) is 5.10 Å². The highest BCUT2D eigenvalue weighted by Crippen LogP contribution is 2.13. The van der Waals surface area contributed by atoms with Gasteiger partial charge in [0, 0.05) is 14.0 Å². The van der Waals surface area contributed by atoms with Crippen LogP contribution in [-0.2, 0) is 7.05 Å². The van der Waals surface area contributed by atoms with E-state index < -0.39 is 0 Å². The predicted molar refractivity (Wildman–Crippen MR) is 47.3 cm³/mol. The Balaban J connectivity index is 3.09. The Morgan fingerprint density at radius 1 is 1.58 bits per heavy atom. The zero-order valence-electron chi connectivity index (χ0n) is 7.96. The van der Waals surface area contributed by atoms with Gasteiger partial charge in [-0.3, -0.25) is 9.48 Å². The average Bonchev–Trinajstić information content (AvgIpc) is 2.30. The van der Waals surface area contributed by atoms with E-state index in [4.69, 9.17) is 0 Å². The minimum Gasteiger partial charge on any atom is -0.293 e. The summed E-state index contributed by atoms with van der Waals surface area (Å²) in [5, 5.41) is 4.23. The average molecular weight is 166 g/mol. The maximum absolute atomic E-state index is 11.0. The molecule has 1 aromatic rings. The van der Waals surface area contributed by atoms with E-state index in [1.807, 2.05) is 6.07 Å². The van der Waals surface area contributed by atoms with Gasteiger partial charge in [-0.15, -0.1) is 0 Å². The number of rotatable bonds is 2. The monoisotopic (exact) mass is 166 g/mol. The van der Waals surface area contributed by atoms with Crippen molar-refractivity contribution in [1.82, 2.24) is 9.78 Å². The Hall–Kier alpha value is -1.12. The molecule has 1 rings (SSSR count). The number of hydrogen-bond acceptors (Lipinski definition) is 2. The molecule has 3 heteroatoms. The van der Waals surface area contributed by atoms with Gasteiger partial charge in [-0.25, -0.2) is 0 Å². The third-order valence-electron chi connectivity index (χ3n) is 1.85. The third-order valence-corrected chi connectivity index (χ3v) is 1.85. The number of hydrogen-bond donors (Lipinski definition) is 0. The van der Waals surface area contributed by atoms with Crippen LogP contribution in [0.3, 0.4) is 0 Å². The van der Waals surface area contributed by atoms with Crippen molar-refractivity contribution >= 4 is 5.78 Å². The highest BCUT2D eigenvalue weighted by molar-refractivity contribution is 5.92. The van der Waals surface area contributed by atoms with Crippen LogP contribution in [0.2, 0.25) is 0 Å². The van der Waals surface area contributed by atoms with Crippen molar-refractivity contribution in [3.63, 3.8) is 0 Å². The fourth-order valence-corrected chi connectivity index (χ4v) is 1.10. The van der Waals surface area contributed by atoms with Crippen molar-refractivity contribution in [3.8, 4) is 0 Å². The van der Waals surface area contributed by atoms with Gasteiger partial charge in [0.15, 0.2) is 5.78 Å². The molecule has 0 amide bonds. The van der Waals surface area contributed by atoms with E-state index in [0.29, 0.717) is 11.6 Å². The summed E-state index contributed by atoms with van der Waals surface area (Å²) in [6.45, 7) is 5.68. The number of aryl methyl sites for hydroxylation is 1. The maximum Gasteiger partial charge on any atom is 0.177 e. The van der Waals surface area contributed by atoms with Gasteiger partial charge in [-0.1, -0.05) is 13.8 Å². The van der Waals surface area contributed by atoms with E-state index in [1.54, 1.807) is 18.7 Å². The molecule has 0 aliphatic heterocycles. The number of ketones is 1. The molecule has 0 aromatic carbocycles. The van der Waals surface area contributed by atoms with E-state index in [0.717, 1.165) is 5.69 Å². The topological polar surface area (TPSA) is 34.9 Å². The molecule has 0 spiro atoms. The van der Waals surface area contributed by atoms with Crippen LogP contribution in [0.1, 0.15) is 42.9 Å². The van der Waals surface area contributed by atoms with E-state index in [1.165, 1.54) is 0 Å². The molecule has 0 bridgehead atoms. The van der Waals surface area contributed by atoms with Crippen LogP contribution >= 0.6 is 0 Å². The fraction of sp³-hybridized carbons (Fsp3) is 0.556. The van der Waals surface area contributed by atoms with Crippen molar-refractivity contribution < 1.29 is 4.79 Å². The summed E-state index contributed by atoms with van der Waals surface area (Å²) >= 11 is 0. The van der Waals surface area contributed by atoms with E-state index in [-0.39, 0.29) is 5.78 Å². The molecule has 12 heavy (non-hydrogen) atoms. The molecule has 0 unspecified atom stereocenters. The summed E-state index contributed by atoms with van der Waals surface area (Å²) in [4.78, 5) is 11.0. The normalized spacial score (nSPS) is 10.8. The maximum atomic E-state index is 11.0. The molecular formula is C9H14N2O. The molecule has 0 aliphatic carbocycles. The lowest BCUT2D eigenvalue weighted by Crippen LogP contribution is -2.02. The molecular weight excluding hydrogens is 152 g/mol. The van der Waals surface area contributed by atoms with Gasteiger partial charge in [0.1, 0.15) is 5.69 Å². The molecule has 66 valence electrons. The lowest BCUT2D eigenvalue weighted by molar-refractivity contribution is 0.100. The molecule has 0 fully saturated rings. The van der Waals surface area contributed by atoms with Gasteiger partial charge in [0.2, 0.25) is 0 Å². The van der Waals surface area contributed by atoms with Crippen molar-refractivity contribution in [2.45, 2.75) is 26.7 Å². The largest absolute Gasteiger partial charge is 0.293 e. The lowest BCUT2D eigenvalue weighted by Gasteiger charge is -1.95. The first-order chi connectivity index (χ1) is 5.52. The minimum atomic E-state index is 0.0666. The highest BCUT2D eigenvalue weighted by atomic mass is 16.1. The Morgan fingerprint density at radius 2 is 2.17 bits per heavy atom. The highest BCUT2D eigenvalue weighted by Gasteiger charge is 2.10. The first-order valence-electron chi connectivity index (χ1n) is 4.07. The van der Waals surface area contributed by atoms with Crippen molar-refractivity contribution in [2.24, 2.45) is 7.05 Å². The molecule has 0 saturated heterocycles. The summed E-state index contributed by atoms with van der Waals surface area (Å²) < 4.78 is 1.64. The predicted octanol–water partition coefficient (Wildman–Crippen LogP) is 1.75. The number of Topliss-reactive ketones (excluding diaryl/α,β-unsaturated/α-hetero) is 1. The van der Waals surface area contributed by atoms with Gasteiger partial charge >= 0.3 is 0 Å². The number of nitrogens with zero attached hydrogens (tertiary/aromatic N) is 2. The third kappa shape index (κ3) is 1.55. The Bertz CT molecular complexity index is 299. The zero-order valence-corrected chi connectivity index (χ0v) is 7.96. The summed E-state index contributed by atoms with van der Waals surface area (Å²) in [5.74, 6) is 0.446. The molecule has 1 heterocycles. The minimum absolute atomic E-state index is 0.0666. The summed E-state index contributed by atoms with van der Waals surface area (Å²) in [6.07, 6.45) is 0. The SMILES string of the molecule is CC(=O)c1cc(C(C)C)nn1C. The Labute approximate surface area is 72.4 Å². The van der Waals surface area contributed by atoms with Gasteiger partial charge in [-0.05, 0) is 12.0 Å². The van der Waals surface area contributed by atoms with Crippen LogP contribution in [0, 0.1) is 0 Å². The Morgan fingerprint density at radius 3 is 2.42 bits per heavy atom. The second kappa shape index (κ2) is 3.09. The summed E-state index contributed by atoms with van der Waals surface area (Å²) in [5.41, 5.74) is 1.65. The van der Waals surface area contributed by atoms with Crippen LogP contribution in [0.25, 0.3) is 0 Å². The van der Waals surface area contributed by atoms with Crippen LogP contribution < -0.4 is 0 Å². The van der Waals surface area contributed by atoms with Crippen molar-refractivity contribution in [3.05, 3.63) is 17.5 Å². The standard InChI is InChI=1S/C9H14N2O/c1-6(2)8-5-9(7(3)12)11(4)10-8/h5-6H,1-4H3. The number of carbonyl (C=O) groups is 1. The zero-order chi connectivity index (χ0) is 9.30. The second-order valence-electron chi connectivity index (χ2n) is 3.29. The van der Waals surface area contributed by atoms with Crippen LogP contribution in [0.15, 0.2) is 6.07 Å². The van der Waals surface area contributed by atoms with Crippen LogP contribution in [0.4, 0.5) is 0 Å². The van der Waals surface area contributed by atoms with E-state index >= 15 is 0 Å². The second-order valence-corrected chi connectivity index (χ2v) is 3.29. The van der Waals surface area contributed by atoms with Crippen LogP contribution in [-0.4, -0.2) is 15.6 Å². The first kappa shape index (κ1) is 8.97.